The van der Waals surface area contributed by atoms with Crippen LogP contribution in [0.4, 0.5) is 11.5 Å². The fourth-order valence-corrected chi connectivity index (χ4v) is 2.83. The van der Waals surface area contributed by atoms with Crippen molar-refractivity contribution < 1.29 is 4.74 Å². The van der Waals surface area contributed by atoms with Crippen LogP contribution in [0.1, 0.15) is 32.3 Å². The van der Waals surface area contributed by atoms with Gasteiger partial charge in [0, 0.05) is 13.1 Å². The Morgan fingerprint density at radius 2 is 1.87 bits per heavy atom. The van der Waals surface area contributed by atoms with Gasteiger partial charge in [0.15, 0.2) is 5.82 Å². The number of benzene rings is 1. The molecule has 0 bridgehead atoms. The Morgan fingerprint density at radius 3 is 2.52 bits per heavy atom. The Labute approximate surface area is 137 Å². The molecule has 1 aromatic heterocycles. The Morgan fingerprint density at radius 1 is 1.17 bits per heavy atom. The molecule has 23 heavy (non-hydrogen) atoms. The quantitative estimate of drug-likeness (QED) is 0.933. The summed E-state index contributed by atoms with van der Waals surface area (Å²) in [6, 6.07) is 8.00. The van der Waals surface area contributed by atoms with Gasteiger partial charge in [0.2, 0.25) is 5.88 Å². The molecule has 1 aliphatic heterocycles. The summed E-state index contributed by atoms with van der Waals surface area (Å²) < 4.78 is 5.86. The number of piperidine rings is 1. The second-order valence-corrected chi connectivity index (χ2v) is 6.19. The fourth-order valence-electron chi connectivity index (χ4n) is 2.83. The Hall–Kier alpha value is -2.30. The lowest BCUT2D eigenvalue weighted by molar-refractivity contribution is 0.434. The Balaban J connectivity index is 1.78. The smallest absolute Gasteiger partial charge is 0.248 e. The highest BCUT2D eigenvalue weighted by atomic mass is 16.5. The van der Waals surface area contributed by atoms with Gasteiger partial charge in [-0.3, -0.25) is 0 Å². The van der Waals surface area contributed by atoms with Crippen LogP contribution in [0, 0.1) is 5.92 Å². The van der Waals surface area contributed by atoms with Crippen LogP contribution in [-0.4, -0.2) is 23.1 Å². The zero-order valence-electron chi connectivity index (χ0n) is 13.8. The zero-order chi connectivity index (χ0) is 16.2. The van der Waals surface area contributed by atoms with Crippen molar-refractivity contribution in [1.29, 1.82) is 0 Å². The van der Waals surface area contributed by atoms with E-state index in [1.165, 1.54) is 11.9 Å². The number of aryl methyl sites for hydroxylation is 1. The molecule has 2 heterocycles. The maximum Gasteiger partial charge on any atom is 0.248 e. The van der Waals surface area contributed by atoms with Crippen LogP contribution in [0.2, 0.25) is 0 Å². The first-order chi connectivity index (χ1) is 11.2. The van der Waals surface area contributed by atoms with Crippen LogP contribution >= 0.6 is 0 Å². The number of hydrogen-bond donors (Lipinski definition) is 1. The van der Waals surface area contributed by atoms with E-state index in [0.29, 0.717) is 11.6 Å². The van der Waals surface area contributed by atoms with Gasteiger partial charge in [-0.2, -0.15) is 4.98 Å². The molecular weight excluding hydrogens is 288 g/mol. The van der Waals surface area contributed by atoms with Crippen LogP contribution in [0.15, 0.2) is 30.6 Å². The van der Waals surface area contributed by atoms with Gasteiger partial charge < -0.3 is 15.4 Å². The summed E-state index contributed by atoms with van der Waals surface area (Å²) >= 11 is 0. The lowest BCUT2D eigenvalue weighted by Crippen LogP contribution is -2.34. The largest absolute Gasteiger partial charge is 0.437 e. The molecule has 0 aliphatic carbocycles. The van der Waals surface area contributed by atoms with Crippen molar-refractivity contribution in [3.8, 4) is 11.6 Å². The molecule has 122 valence electrons. The van der Waals surface area contributed by atoms with Crippen molar-refractivity contribution >= 4 is 11.5 Å². The van der Waals surface area contributed by atoms with Gasteiger partial charge in [-0.25, -0.2) is 4.98 Å². The van der Waals surface area contributed by atoms with E-state index in [4.69, 9.17) is 10.5 Å². The molecule has 0 atom stereocenters. The summed E-state index contributed by atoms with van der Waals surface area (Å²) in [6.07, 6.45) is 4.86. The lowest BCUT2D eigenvalue weighted by atomic mass is 9.99. The van der Waals surface area contributed by atoms with Crippen molar-refractivity contribution in [1.82, 2.24) is 9.97 Å². The highest BCUT2D eigenvalue weighted by Crippen LogP contribution is 2.33. The minimum absolute atomic E-state index is 0.429. The maximum atomic E-state index is 6.26. The second-order valence-electron chi connectivity index (χ2n) is 6.19. The molecule has 1 aromatic carbocycles. The van der Waals surface area contributed by atoms with Gasteiger partial charge in [0.25, 0.3) is 0 Å². The summed E-state index contributed by atoms with van der Waals surface area (Å²) in [5.41, 5.74) is 8.05. The highest BCUT2D eigenvalue weighted by molar-refractivity contribution is 5.68. The average molecular weight is 312 g/mol. The van der Waals surface area contributed by atoms with E-state index in [2.05, 4.69) is 40.8 Å². The SMILES string of the molecule is CCc1ccc(Oc2ncnc(N3CCC(C)CC3)c2N)cc1. The molecule has 1 aliphatic rings. The van der Waals surface area contributed by atoms with Gasteiger partial charge in [0.1, 0.15) is 17.8 Å². The van der Waals surface area contributed by atoms with Gasteiger partial charge in [-0.1, -0.05) is 26.0 Å². The number of nitrogen functional groups attached to an aromatic ring is 1. The van der Waals surface area contributed by atoms with Gasteiger partial charge in [-0.05, 0) is 42.9 Å². The van der Waals surface area contributed by atoms with Crippen molar-refractivity contribution in [2.75, 3.05) is 23.7 Å². The number of anilines is 2. The number of nitrogens with zero attached hydrogens (tertiary/aromatic N) is 3. The van der Waals surface area contributed by atoms with E-state index in [9.17, 15) is 0 Å². The van der Waals surface area contributed by atoms with Gasteiger partial charge >= 0.3 is 0 Å². The third-order valence-electron chi connectivity index (χ3n) is 4.46. The first kappa shape index (κ1) is 15.6. The standard InChI is InChI=1S/C18H24N4O/c1-3-14-4-6-15(7-5-14)23-18-16(19)17(20-12-21-18)22-10-8-13(2)9-11-22/h4-7,12-13H,3,8-11,19H2,1-2H3. The Bertz CT molecular complexity index is 649. The summed E-state index contributed by atoms with van der Waals surface area (Å²) in [5.74, 6) is 2.72. The van der Waals surface area contributed by atoms with Gasteiger partial charge in [0.05, 0.1) is 0 Å². The summed E-state index contributed by atoms with van der Waals surface area (Å²) in [4.78, 5) is 10.8. The number of ether oxygens (including phenoxy) is 1. The summed E-state index contributed by atoms with van der Waals surface area (Å²) in [7, 11) is 0. The zero-order valence-corrected chi connectivity index (χ0v) is 13.8. The molecule has 0 spiro atoms. The second kappa shape index (κ2) is 6.86. The predicted molar refractivity (Wildman–Crippen MR) is 92.9 cm³/mol. The number of aromatic nitrogens is 2. The molecule has 5 nitrogen and oxygen atoms in total. The van der Waals surface area contributed by atoms with E-state index in [1.807, 2.05) is 12.1 Å². The number of hydrogen-bond acceptors (Lipinski definition) is 5. The molecular formula is C18H24N4O. The van der Waals surface area contributed by atoms with Crippen molar-refractivity contribution in [3.05, 3.63) is 36.2 Å². The average Bonchev–Trinajstić information content (AvgIpc) is 2.58. The molecule has 1 saturated heterocycles. The lowest BCUT2D eigenvalue weighted by Gasteiger charge is -2.31. The molecule has 0 saturated carbocycles. The molecule has 0 radical (unpaired) electrons. The first-order valence-electron chi connectivity index (χ1n) is 8.29. The van der Waals surface area contributed by atoms with E-state index >= 15 is 0 Å². The van der Waals surface area contributed by atoms with Crippen molar-refractivity contribution in [3.63, 3.8) is 0 Å². The van der Waals surface area contributed by atoms with E-state index in [0.717, 1.165) is 49.8 Å². The predicted octanol–water partition coefficient (Wildman–Crippen LogP) is 3.65. The third kappa shape index (κ3) is 3.55. The molecule has 5 heteroatoms. The van der Waals surface area contributed by atoms with Crippen LogP contribution in [0.25, 0.3) is 0 Å². The minimum atomic E-state index is 0.429. The monoisotopic (exact) mass is 312 g/mol. The van der Waals surface area contributed by atoms with E-state index in [-0.39, 0.29) is 0 Å². The van der Waals surface area contributed by atoms with E-state index < -0.39 is 0 Å². The molecule has 2 aromatic rings. The molecule has 2 N–H and O–H groups in total. The minimum Gasteiger partial charge on any atom is -0.437 e. The van der Waals surface area contributed by atoms with Crippen molar-refractivity contribution in [2.45, 2.75) is 33.1 Å². The van der Waals surface area contributed by atoms with E-state index in [1.54, 1.807) is 0 Å². The third-order valence-corrected chi connectivity index (χ3v) is 4.46. The normalized spacial score (nSPS) is 15.7. The van der Waals surface area contributed by atoms with Crippen molar-refractivity contribution in [2.24, 2.45) is 5.92 Å². The maximum absolute atomic E-state index is 6.26. The fraction of sp³-hybridized carbons (Fsp3) is 0.444. The summed E-state index contributed by atoms with van der Waals surface area (Å²) in [5, 5.41) is 0. The van der Waals surface area contributed by atoms with Crippen LogP contribution in [-0.2, 0) is 6.42 Å². The van der Waals surface area contributed by atoms with Crippen LogP contribution in [0.3, 0.4) is 0 Å². The molecule has 3 rings (SSSR count). The Kier molecular flexibility index (Phi) is 4.65. The summed E-state index contributed by atoms with van der Waals surface area (Å²) in [6.45, 7) is 6.37. The molecule has 0 unspecified atom stereocenters. The highest BCUT2D eigenvalue weighted by Gasteiger charge is 2.21. The number of nitrogens with two attached hydrogens (primary N) is 1. The number of rotatable bonds is 4. The first-order valence-corrected chi connectivity index (χ1v) is 8.29. The van der Waals surface area contributed by atoms with Crippen LogP contribution < -0.4 is 15.4 Å². The molecule has 0 amide bonds. The van der Waals surface area contributed by atoms with Gasteiger partial charge in [-0.15, -0.1) is 0 Å². The van der Waals surface area contributed by atoms with Crippen LogP contribution in [0.5, 0.6) is 11.6 Å². The molecule has 1 fully saturated rings. The topological polar surface area (TPSA) is 64.3 Å².